The Kier molecular flexibility index (Phi) is 2.62. The molecule has 2 rings (SSSR count). The van der Waals surface area contributed by atoms with E-state index in [2.05, 4.69) is 28.6 Å². The zero-order valence-electron chi connectivity index (χ0n) is 6.95. The van der Waals surface area contributed by atoms with Crippen LogP contribution < -0.4 is 0 Å². The molecule has 0 spiro atoms. The highest BCUT2D eigenvalue weighted by Gasteiger charge is 2.10. The van der Waals surface area contributed by atoms with E-state index >= 15 is 0 Å². The number of hydrogen-bond donors (Lipinski definition) is 0. The van der Waals surface area contributed by atoms with Crippen molar-refractivity contribution in [3.8, 4) is 9.88 Å². The summed E-state index contributed by atoms with van der Waals surface area (Å²) < 4.78 is 0.505. The Bertz CT molecular complexity index is 408. The van der Waals surface area contributed by atoms with Gasteiger partial charge in [0.15, 0.2) is 5.01 Å². The fraction of sp³-hybridized carbons (Fsp3) is 0.250. The Morgan fingerprint density at radius 2 is 2.31 bits per heavy atom. The molecule has 0 aliphatic carbocycles. The number of nitrogens with zero attached hydrogens (tertiary/aromatic N) is 2. The van der Waals surface area contributed by atoms with Crippen LogP contribution in [-0.2, 0) is 6.42 Å². The Hall–Kier alpha value is -0.450. The summed E-state index contributed by atoms with van der Waals surface area (Å²) in [4.78, 5) is 1.20. The number of hydrogen-bond acceptors (Lipinski definition) is 4. The summed E-state index contributed by atoms with van der Waals surface area (Å²) in [5.74, 6) is 0. The minimum Gasteiger partial charge on any atom is -0.141 e. The van der Waals surface area contributed by atoms with Gasteiger partial charge in [-0.25, -0.2) is 0 Å². The number of rotatable bonds is 2. The predicted molar refractivity (Wildman–Crippen MR) is 57.6 cm³/mol. The quantitative estimate of drug-likeness (QED) is 0.790. The average molecular weight is 231 g/mol. The molecular weight excluding hydrogens is 224 g/mol. The van der Waals surface area contributed by atoms with Crippen LogP contribution in [0.25, 0.3) is 9.88 Å². The summed E-state index contributed by atoms with van der Waals surface area (Å²) in [6.45, 7) is 2.13. The van der Waals surface area contributed by atoms with Gasteiger partial charge in [-0.05, 0) is 35.0 Å². The van der Waals surface area contributed by atoms with Crippen LogP contribution in [0.4, 0.5) is 0 Å². The number of halogens is 1. The third kappa shape index (κ3) is 1.75. The van der Waals surface area contributed by atoms with Crippen LogP contribution in [0.3, 0.4) is 0 Å². The number of thiophene rings is 1. The van der Waals surface area contributed by atoms with E-state index in [1.54, 1.807) is 11.3 Å². The smallest absolute Gasteiger partial charge is 0.141 e. The molecule has 0 bridgehead atoms. The number of aryl methyl sites for hydroxylation is 1. The van der Waals surface area contributed by atoms with Crippen LogP contribution in [0.15, 0.2) is 11.4 Å². The van der Waals surface area contributed by atoms with Crippen molar-refractivity contribution in [1.82, 2.24) is 10.2 Å². The van der Waals surface area contributed by atoms with Gasteiger partial charge < -0.3 is 0 Å². The van der Waals surface area contributed by atoms with Gasteiger partial charge in [0.1, 0.15) is 0 Å². The van der Waals surface area contributed by atoms with Crippen LogP contribution in [-0.4, -0.2) is 10.2 Å². The maximum atomic E-state index is 5.72. The van der Waals surface area contributed by atoms with Crippen LogP contribution >= 0.6 is 34.3 Å². The summed E-state index contributed by atoms with van der Waals surface area (Å²) in [5.41, 5.74) is 1.32. The molecule has 0 aromatic carbocycles. The highest BCUT2D eigenvalue weighted by Crippen LogP contribution is 2.33. The normalized spacial score (nSPS) is 10.6. The first-order chi connectivity index (χ1) is 6.31. The summed E-state index contributed by atoms with van der Waals surface area (Å²) in [6.07, 6.45) is 1.02. The Morgan fingerprint density at radius 3 is 2.92 bits per heavy atom. The third-order valence-electron chi connectivity index (χ3n) is 1.72. The predicted octanol–water partition coefficient (Wildman–Crippen LogP) is 3.48. The molecule has 0 aliphatic rings. The van der Waals surface area contributed by atoms with Gasteiger partial charge in [0.25, 0.3) is 0 Å². The van der Waals surface area contributed by atoms with E-state index in [1.165, 1.54) is 21.8 Å². The zero-order chi connectivity index (χ0) is 9.26. The summed E-state index contributed by atoms with van der Waals surface area (Å²) in [5, 5.41) is 10.8. The highest BCUT2D eigenvalue weighted by molar-refractivity contribution is 7.22. The standard InChI is InChI=1S/C8H7ClN2S2/c1-2-5-3-4-12-6(5)7-10-11-8(9)13-7/h3-4H,2H2,1H3. The Labute approximate surface area is 89.2 Å². The van der Waals surface area contributed by atoms with Crippen molar-refractivity contribution in [1.29, 1.82) is 0 Å². The Balaban J connectivity index is 2.45. The van der Waals surface area contributed by atoms with Crippen LogP contribution in [0.5, 0.6) is 0 Å². The van der Waals surface area contributed by atoms with E-state index in [4.69, 9.17) is 11.6 Å². The second kappa shape index (κ2) is 3.74. The summed E-state index contributed by atoms with van der Waals surface area (Å²) in [7, 11) is 0. The van der Waals surface area contributed by atoms with Crippen molar-refractivity contribution in [2.24, 2.45) is 0 Å². The molecule has 0 amide bonds. The number of aromatic nitrogens is 2. The minimum atomic E-state index is 0.505. The third-order valence-corrected chi connectivity index (χ3v) is 3.85. The van der Waals surface area contributed by atoms with Gasteiger partial charge in [0.05, 0.1) is 4.88 Å². The molecule has 0 fully saturated rings. The van der Waals surface area contributed by atoms with E-state index in [1.807, 2.05) is 0 Å². The molecule has 0 unspecified atom stereocenters. The van der Waals surface area contributed by atoms with E-state index < -0.39 is 0 Å². The lowest BCUT2D eigenvalue weighted by Crippen LogP contribution is -1.79. The van der Waals surface area contributed by atoms with Crippen LogP contribution in [0, 0.1) is 0 Å². The SMILES string of the molecule is CCc1ccsc1-c1nnc(Cl)s1. The molecular formula is C8H7ClN2S2. The molecule has 0 N–H and O–H groups in total. The second-order valence-electron chi connectivity index (χ2n) is 2.49. The van der Waals surface area contributed by atoms with Crippen molar-refractivity contribution in [2.75, 3.05) is 0 Å². The van der Waals surface area contributed by atoms with Gasteiger partial charge in [-0.3, -0.25) is 0 Å². The average Bonchev–Trinajstić information content (AvgIpc) is 2.71. The second-order valence-corrected chi connectivity index (χ2v) is 4.96. The van der Waals surface area contributed by atoms with Crippen LogP contribution in [0.2, 0.25) is 4.47 Å². The maximum absolute atomic E-state index is 5.72. The summed E-state index contributed by atoms with van der Waals surface area (Å²) >= 11 is 8.84. The van der Waals surface area contributed by atoms with Gasteiger partial charge in [0.2, 0.25) is 4.47 Å². The molecule has 68 valence electrons. The molecule has 0 saturated heterocycles. The molecule has 5 heteroatoms. The minimum absolute atomic E-state index is 0.505. The molecule has 0 radical (unpaired) electrons. The first-order valence-electron chi connectivity index (χ1n) is 3.87. The Morgan fingerprint density at radius 1 is 1.46 bits per heavy atom. The molecule has 0 atom stereocenters. The van der Waals surface area contributed by atoms with Crippen molar-refractivity contribution in [3.05, 3.63) is 21.5 Å². The molecule has 2 nitrogen and oxygen atoms in total. The lowest BCUT2D eigenvalue weighted by atomic mass is 10.2. The van der Waals surface area contributed by atoms with Crippen molar-refractivity contribution in [2.45, 2.75) is 13.3 Å². The van der Waals surface area contributed by atoms with Gasteiger partial charge >= 0.3 is 0 Å². The van der Waals surface area contributed by atoms with E-state index in [9.17, 15) is 0 Å². The monoisotopic (exact) mass is 230 g/mol. The van der Waals surface area contributed by atoms with E-state index in [0.717, 1.165) is 11.4 Å². The molecule has 0 aliphatic heterocycles. The van der Waals surface area contributed by atoms with E-state index in [-0.39, 0.29) is 0 Å². The summed E-state index contributed by atoms with van der Waals surface area (Å²) in [6, 6.07) is 2.12. The van der Waals surface area contributed by atoms with Crippen molar-refractivity contribution < 1.29 is 0 Å². The van der Waals surface area contributed by atoms with E-state index in [0.29, 0.717) is 4.47 Å². The first-order valence-corrected chi connectivity index (χ1v) is 5.94. The van der Waals surface area contributed by atoms with Crippen LogP contribution in [0.1, 0.15) is 12.5 Å². The lowest BCUT2D eigenvalue weighted by Gasteiger charge is -1.93. The lowest BCUT2D eigenvalue weighted by molar-refractivity contribution is 1.09. The molecule has 0 saturated carbocycles. The topological polar surface area (TPSA) is 25.8 Å². The van der Waals surface area contributed by atoms with Crippen molar-refractivity contribution in [3.63, 3.8) is 0 Å². The zero-order valence-corrected chi connectivity index (χ0v) is 9.34. The largest absolute Gasteiger partial charge is 0.207 e. The molecule has 2 heterocycles. The highest BCUT2D eigenvalue weighted by atomic mass is 35.5. The maximum Gasteiger partial charge on any atom is 0.207 e. The molecule has 2 aromatic heterocycles. The van der Waals surface area contributed by atoms with Gasteiger partial charge in [0, 0.05) is 0 Å². The van der Waals surface area contributed by atoms with Gasteiger partial charge in [-0.2, -0.15) is 0 Å². The molecule has 2 aromatic rings. The molecule has 13 heavy (non-hydrogen) atoms. The van der Waals surface area contributed by atoms with Gasteiger partial charge in [-0.15, -0.1) is 21.5 Å². The fourth-order valence-corrected chi connectivity index (χ4v) is 3.05. The fourth-order valence-electron chi connectivity index (χ4n) is 1.10. The van der Waals surface area contributed by atoms with Crippen molar-refractivity contribution >= 4 is 34.3 Å². The van der Waals surface area contributed by atoms with Gasteiger partial charge in [-0.1, -0.05) is 18.3 Å². The first kappa shape index (κ1) is 9.12.